The van der Waals surface area contributed by atoms with Gasteiger partial charge in [-0.1, -0.05) is 0 Å². The van der Waals surface area contributed by atoms with Crippen LogP contribution in [0.4, 0.5) is 5.69 Å². The van der Waals surface area contributed by atoms with Crippen molar-refractivity contribution in [2.45, 2.75) is 12.5 Å². The first-order chi connectivity index (χ1) is 7.58. The summed E-state index contributed by atoms with van der Waals surface area (Å²) in [6.07, 6.45) is 1.98. The van der Waals surface area contributed by atoms with Crippen LogP contribution in [0.15, 0.2) is 15.5 Å². The summed E-state index contributed by atoms with van der Waals surface area (Å²) in [6, 6.07) is 0.0118. The van der Waals surface area contributed by atoms with E-state index in [4.69, 9.17) is 0 Å². The van der Waals surface area contributed by atoms with Crippen LogP contribution in [0, 0.1) is 0 Å². The van der Waals surface area contributed by atoms with Gasteiger partial charge in [0.25, 0.3) is 5.56 Å². The van der Waals surface area contributed by atoms with Crippen molar-refractivity contribution in [2.75, 3.05) is 11.9 Å². The Labute approximate surface area is 100 Å². The second-order valence-electron chi connectivity index (χ2n) is 3.65. The Hall–Kier alpha value is -1.37. The molecule has 86 valence electrons. The Morgan fingerprint density at radius 1 is 1.62 bits per heavy atom. The number of carbonyl (C=O) groups is 1. The van der Waals surface area contributed by atoms with Gasteiger partial charge in [0.05, 0.1) is 17.9 Å². The van der Waals surface area contributed by atoms with Gasteiger partial charge in [-0.25, -0.2) is 4.68 Å². The van der Waals surface area contributed by atoms with Crippen LogP contribution >= 0.6 is 15.9 Å². The van der Waals surface area contributed by atoms with E-state index in [1.807, 2.05) is 0 Å². The number of hydrogen-bond acceptors (Lipinski definition) is 4. The molecule has 2 rings (SSSR count). The second kappa shape index (κ2) is 4.25. The lowest BCUT2D eigenvalue weighted by Gasteiger charge is -2.12. The molecule has 6 nitrogen and oxygen atoms in total. The van der Waals surface area contributed by atoms with Gasteiger partial charge in [0.1, 0.15) is 4.47 Å². The predicted octanol–water partition coefficient (Wildman–Crippen LogP) is -0.157. The summed E-state index contributed by atoms with van der Waals surface area (Å²) in [6.45, 7) is 0.570. The molecule has 1 aliphatic heterocycles. The van der Waals surface area contributed by atoms with Crippen LogP contribution in [0.1, 0.15) is 6.42 Å². The summed E-state index contributed by atoms with van der Waals surface area (Å²) in [5, 5.41) is 9.72. The molecule has 0 bridgehead atoms. The molecule has 2 heterocycles. The van der Waals surface area contributed by atoms with Gasteiger partial charge in [-0.3, -0.25) is 9.59 Å². The van der Waals surface area contributed by atoms with Crippen LogP contribution in [0.2, 0.25) is 0 Å². The van der Waals surface area contributed by atoms with E-state index in [-0.39, 0.29) is 17.5 Å². The van der Waals surface area contributed by atoms with Gasteiger partial charge >= 0.3 is 0 Å². The van der Waals surface area contributed by atoms with E-state index in [1.165, 1.54) is 4.68 Å². The quantitative estimate of drug-likeness (QED) is 0.792. The largest absolute Gasteiger partial charge is 0.378 e. The van der Waals surface area contributed by atoms with E-state index in [0.717, 1.165) is 0 Å². The lowest BCUT2D eigenvalue weighted by atomic mass is 10.2. The number of carbonyl (C=O) groups excluding carboxylic acids is 1. The Morgan fingerprint density at radius 3 is 3.00 bits per heavy atom. The Balaban J connectivity index is 2.19. The van der Waals surface area contributed by atoms with E-state index < -0.39 is 0 Å². The molecule has 1 saturated heterocycles. The minimum absolute atomic E-state index is 0.0118. The molecule has 1 aliphatic rings. The molecule has 1 atom stereocenters. The zero-order valence-electron chi connectivity index (χ0n) is 8.66. The van der Waals surface area contributed by atoms with E-state index in [9.17, 15) is 9.59 Å². The third-order valence-corrected chi connectivity index (χ3v) is 3.18. The number of anilines is 1. The number of aryl methyl sites for hydroxylation is 1. The Kier molecular flexibility index (Phi) is 2.95. The number of hydrogen-bond donors (Lipinski definition) is 2. The Bertz CT molecular complexity index is 485. The fourth-order valence-corrected chi connectivity index (χ4v) is 2.01. The van der Waals surface area contributed by atoms with Gasteiger partial charge < -0.3 is 10.6 Å². The van der Waals surface area contributed by atoms with Crippen LogP contribution in [0.5, 0.6) is 0 Å². The summed E-state index contributed by atoms with van der Waals surface area (Å²) in [7, 11) is 1.58. The minimum atomic E-state index is -0.206. The summed E-state index contributed by atoms with van der Waals surface area (Å²) in [5.74, 6) is 0.0189. The molecule has 16 heavy (non-hydrogen) atoms. The van der Waals surface area contributed by atoms with Crippen molar-refractivity contribution in [3.05, 3.63) is 21.0 Å². The molecule has 0 spiro atoms. The molecule has 1 amide bonds. The van der Waals surface area contributed by atoms with Gasteiger partial charge in [-0.2, -0.15) is 5.10 Å². The van der Waals surface area contributed by atoms with Crippen molar-refractivity contribution < 1.29 is 4.79 Å². The summed E-state index contributed by atoms with van der Waals surface area (Å²) in [5.41, 5.74) is 0.409. The van der Waals surface area contributed by atoms with Crippen molar-refractivity contribution in [1.82, 2.24) is 15.1 Å². The number of halogens is 1. The molecule has 0 saturated carbocycles. The highest BCUT2D eigenvalue weighted by molar-refractivity contribution is 9.10. The fourth-order valence-electron chi connectivity index (χ4n) is 1.54. The van der Waals surface area contributed by atoms with Crippen molar-refractivity contribution in [2.24, 2.45) is 7.05 Å². The molecule has 0 aliphatic carbocycles. The topological polar surface area (TPSA) is 76.0 Å². The SMILES string of the molecule is Cn1ncc(NC2CNC(=O)C2)c(Br)c1=O. The summed E-state index contributed by atoms with van der Waals surface area (Å²) < 4.78 is 1.68. The first-order valence-electron chi connectivity index (χ1n) is 4.83. The number of rotatable bonds is 2. The highest BCUT2D eigenvalue weighted by atomic mass is 79.9. The van der Waals surface area contributed by atoms with E-state index in [2.05, 4.69) is 31.7 Å². The first-order valence-corrected chi connectivity index (χ1v) is 5.62. The fraction of sp³-hybridized carbons (Fsp3) is 0.444. The molecular formula is C9H11BrN4O2. The van der Waals surface area contributed by atoms with Crippen molar-refractivity contribution in [3.8, 4) is 0 Å². The van der Waals surface area contributed by atoms with Crippen LogP contribution in [-0.2, 0) is 11.8 Å². The first kappa shape index (κ1) is 11.1. The maximum Gasteiger partial charge on any atom is 0.282 e. The normalized spacial score (nSPS) is 19.6. The zero-order valence-corrected chi connectivity index (χ0v) is 10.2. The highest BCUT2D eigenvalue weighted by Crippen LogP contribution is 2.18. The number of nitrogens with zero attached hydrogens (tertiary/aromatic N) is 2. The average Bonchev–Trinajstić information content (AvgIpc) is 2.65. The van der Waals surface area contributed by atoms with Crippen molar-refractivity contribution >= 4 is 27.5 Å². The smallest absolute Gasteiger partial charge is 0.282 e. The molecule has 7 heteroatoms. The monoisotopic (exact) mass is 286 g/mol. The standard InChI is InChI=1S/C9H11BrN4O2/c1-14-9(16)8(10)6(4-12-14)13-5-2-7(15)11-3-5/h4-5,13H,2-3H2,1H3,(H,11,15). The van der Waals surface area contributed by atoms with E-state index >= 15 is 0 Å². The minimum Gasteiger partial charge on any atom is -0.378 e. The second-order valence-corrected chi connectivity index (χ2v) is 4.44. The van der Waals surface area contributed by atoms with Crippen molar-refractivity contribution in [3.63, 3.8) is 0 Å². The summed E-state index contributed by atoms with van der Waals surface area (Å²) >= 11 is 3.21. The lowest BCUT2D eigenvalue weighted by molar-refractivity contribution is -0.119. The van der Waals surface area contributed by atoms with Crippen molar-refractivity contribution in [1.29, 1.82) is 0 Å². The molecule has 1 aromatic heterocycles. The highest BCUT2D eigenvalue weighted by Gasteiger charge is 2.22. The van der Waals surface area contributed by atoms with Gasteiger partial charge in [-0.05, 0) is 15.9 Å². The van der Waals surface area contributed by atoms with E-state index in [1.54, 1.807) is 13.2 Å². The molecule has 1 aromatic rings. The van der Waals surface area contributed by atoms with Gasteiger partial charge in [0, 0.05) is 20.0 Å². The summed E-state index contributed by atoms with van der Waals surface area (Å²) in [4.78, 5) is 22.6. The third kappa shape index (κ3) is 2.08. The molecule has 0 radical (unpaired) electrons. The van der Waals surface area contributed by atoms with Gasteiger partial charge in [0.2, 0.25) is 5.91 Å². The van der Waals surface area contributed by atoms with Crippen LogP contribution in [0.3, 0.4) is 0 Å². The Morgan fingerprint density at radius 2 is 2.38 bits per heavy atom. The van der Waals surface area contributed by atoms with Gasteiger partial charge in [0.15, 0.2) is 0 Å². The molecule has 1 fully saturated rings. The molecule has 1 unspecified atom stereocenters. The van der Waals surface area contributed by atoms with Gasteiger partial charge in [-0.15, -0.1) is 0 Å². The molecule has 2 N–H and O–H groups in total. The van der Waals surface area contributed by atoms with Crippen LogP contribution in [0.25, 0.3) is 0 Å². The van der Waals surface area contributed by atoms with Crippen LogP contribution < -0.4 is 16.2 Å². The van der Waals surface area contributed by atoms with E-state index in [0.29, 0.717) is 23.1 Å². The number of aromatic nitrogens is 2. The maximum absolute atomic E-state index is 11.6. The third-order valence-electron chi connectivity index (χ3n) is 2.42. The lowest BCUT2D eigenvalue weighted by Crippen LogP contribution is -2.26. The van der Waals surface area contributed by atoms with Crippen LogP contribution in [-0.4, -0.2) is 28.3 Å². The number of nitrogens with one attached hydrogen (secondary N) is 2. The maximum atomic E-state index is 11.6. The zero-order chi connectivity index (χ0) is 11.7. The molecule has 0 aromatic carbocycles. The molecular weight excluding hydrogens is 276 g/mol. The average molecular weight is 287 g/mol. The predicted molar refractivity (Wildman–Crippen MR) is 62.2 cm³/mol. The number of amides is 1.